The number of benzene rings is 2. The molecule has 0 aliphatic carbocycles. The minimum atomic E-state index is -3.72. The summed E-state index contributed by atoms with van der Waals surface area (Å²) in [5.41, 5.74) is 0.564. The largest absolute Gasteiger partial charge is 0.493 e. The number of hydrogen-bond acceptors (Lipinski definition) is 8. The topological polar surface area (TPSA) is 107 Å². The lowest BCUT2D eigenvalue weighted by Crippen LogP contribution is -2.14. The van der Waals surface area contributed by atoms with Crippen molar-refractivity contribution in [3.63, 3.8) is 0 Å². The van der Waals surface area contributed by atoms with E-state index in [1.807, 2.05) is 0 Å². The summed E-state index contributed by atoms with van der Waals surface area (Å²) in [6.45, 7) is 0. The Hall–Kier alpha value is -3.11. The second-order valence-corrected chi connectivity index (χ2v) is 8.83. The van der Waals surface area contributed by atoms with Crippen molar-refractivity contribution in [3.05, 3.63) is 60.7 Å². The summed E-state index contributed by atoms with van der Waals surface area (Å²) < 4.78 is 35.4. The summed E-state index contributed by atoms with van der Waals surface area (Å²) in [5.74, 6) is 0.887. The van der Waals surface area contributed by atoms with E-state index >= 15 is 0 Å². The number of rotatable bonds is 8. The van der Waals surface area contributed by atoms with E-state index in [1.54, 1.807) is 36.4 Å². The molecule has 3 rings (SSSR count). The number of carbonyl (C=O) groups excluding carboxylic acids is 1. The van der Waals surface area contributed by atoms with Gasteiger partial charge in [-0.2, -0.15) is 0 Å². The van der Waals surface area contributed by atoms with E-state index in [9.17, 15) is 13.2 Å². The van der Waals surface area contributed by atoms with E-state index in [4.69, 9.17) is 9.47 Å². The van der Waals surface area contributed by atoms with Crippen molar-refractivity contribution in [2.45, 2.75) is 14.9 Å². The molecule has 1 aromatic heterocycles. The fourth-order valence-electron chi connectivity index (χ4n) is 2.50. The van der Waals surface area contributed by atoms with Crippen LogP contribution in [0.5, 0.6) is 11.5 Å². The molecule has 10 heteroatoms. The van der Waals surface area contributed by atoms with Crippen LogP contribution in [0.25, 0.3) is 0 Å². The first-order chi connectivity index (χ1) is 14.4. The van der Waals surface area contributed by atoms with Crippen LogP contribution in [-0.4, -0.2) is 44.5 Å². The lowest BCUT2D eigenvalue weighted by molar-refractivity contribution is -0.113. The second-order valence-electron chi connectivity index (χ2n) is 5.93. The van der Waals surface area contributed by atoms with Gasteiger partial charge >= 0.3 is 0 Å². The number of sulfone groups is 1. The standard InChI is InChI=1S/C20H19N3O5S2/c1-27-16-9-8-14(12-17(16)28-2)21-18(24)13-29-19-10-11-20(23-22-19)30(25,26)15-6-4-3-5-7-15/h3-12H,13H2,1-2H3,(H,21,24). The van der Waals surface area contributed by atoms with Gasteiger partial charge in [0.25, 0.3) is 0 Å². The maximum atomic E-state index is 12.5. The van der Waals surface area contributed by atoms with Gasteiger partial charge in [0.1, 0.15) is 5.03 Å². The number of hydrogen-bond donors (Lipinski definition) is 1. The van der Waals surface area contributed by atoms with Gasteiger partial charge in [0.05, 0.1) is 24.9 Å². The summed E-state index contributed by atoms with van der Waals surface area (Å²) in [6, 6.07) is 16.0. The van der Waals surface area contributed by atoms with Crippen molar-refractivity contribution in [2.75, 3.05) is 25.3 Å². The molecular weight excluding hydrogens is 426 g/mol. The van der Waals surface area contributed by atoms with Gasteiger partial charge in [-0.3, -0.25) is 4.79 Å². The molecule has 0 spiro atoms. The van der Waals surface area contributed by atoms with Crippen molar-refractivity contribution >= 4 is 33.2 Å². The Labute approximate surface area is 178 Å². The maximum Gasteiger partial charge on any atom is 0.234 e. The molecule has 1 N–H and O–H groups in total. The fraction of sp³-hybridized carbons (Fsp3) is 0.150. The molecule has 0 aliphatic heterocycles. The van der Waals surface area contributed by atoms with Crippen LogP contribution in [0, 0.1) is 0 Å². The highest BCUT2D eigenvalue weighted by atomic mass is 32.2. The normalized spacial score (nSPS) is 11.0. The minimum Gasteiger partial charge on any atom is -0.493 e. The molecule has 0 aliphatic rings. The molecular formula is C20H19N3O5S2. The third-order valence-corrected chi connectivity index (χ3v) is 6.54. The number of anilines is 1. The zero-order chi connectivity index (χ0) is 21.6. The molecule has 0 unspecified atom stereocenters. The first kappa shape index (κ1) is 21.6. The first-order valence-corrected chi connectivity index (χ1v) is 11.2. The quantitative estimate of drug-likeness (QED) is 0.527. The van der Waals surface area contributed by atoms with Gasteiger partial charge < -0.3 is 14.8 Å². The van der Waals surface area contributed by atoms with Crippen molar-refractivity contribution in [1.29, 1.82) is 0 Å². The number of ether oxygens (including phenoxy) is 2. The Morgan fingerprint density at radius 1 is 0.967 bits per heavy atom. The molecule has 0 saturated heterocycles. The average Bonchev–Trinajstić information content (AvgIpc) is 2.78. The van der Waals surface area contributed by atoms with E-state index in [0.29, 0.717) is 22.2 Å². The summed E-state index contributed by atoms with van der Waals surface area (Å²) in [6.07, 6.45) is 0. The smallest absolute Gasteiger partial charge is 0.234 e. The van der Waals surface area contributed by atoms with Gasteiger partial charge in [-0.05, 0) is 36.4 Å². The number of nitrogens with zero attached hydrogens (tertiary/aromatic N) is 2. The Bertz CT molecular complexity index is 1120. The van der Waals surface area contributed by atoms with Gasteiger partial charge in [0, 0.05) is 11.8 Å². The molecule has 1 amide bonds. The Morgan fingerprint density at radius 3 is 2.33 bits per heavy atom. The molecule has 0 saturated carbocycles. The van der Waals surface area contributed by atoms with Crippen LogP contribution in [-0.2, 0) is 14.6 Å². The molecule has 8 nitrogen and oxygen atoms in total. The van der Waals surface area contributed by atoms with Crippen LogP contribution in [0.15, 0.2) is 75.6 Å². The van der Waals surface area contributed by atoms with Gasteiger partial charge in [0.2, 0.25) is 15.7 Å². The number of thioether (sulfide) groups is 1. The van der Waals surface area contributed by atoms with E-state index in [-0.39, 0.29) is 21.6 Å². The van der Waals surface area contributed by atoms with Gasteiger partial charge in [-0.25, -0.2) is 8.42 Å². The lowest BCUT2D eigenvalue weighted by Gasteiger charge is -2.10. The van der Waals surface area contributed by atoms with Crippen molar-refractivity contribution < 1.29 is 22.7 Å². The first-order valence-electron chi connectivity index (χ1n) is 8.72. The monoisotopic (exact) mass is 445 g/mol. The molecule has 0 bridgehead atoms. The second kappa shape index (κ2) is 9.59. The van der Waals surface area contributed by atoms with E-state index in [2.05, 4.69) is 15.5 Å². The third-order valence-electron chi connectivity index (χ3n) is 3.96. The molecule has 1 heterocycles. The zero-order valence-electron chi connectivity index (χ0n) is 16.2. The predicted molar refractivity (Wildman–Crippen MR) is 113 cm³/mol. The summed E-state index contributed by atoms with van der Waals surface area (Å²) in [4.78, 5) is 12.4. The molecule has 30 heavy (non-hydrogen) atoms. The van der Waals surface area contributed by atoms with Crippen LogP contribution >= 0.6 is 11.8 Å². The van der Waals surface area contributed by atoms with Crippen LogP contribution in [0.3, 0.4) is 0 Å². The van der Waals surface area contributed by atoms with Crippen LogP contribution in [0.4, 0.5) is 5.69 Å². The van der Waals surface area contributed by atoms with Gasteiger partial charge in [-0.1, -0.05) is 30.0 Å². The van der Waals surface area contributed by atoms with Crippen LogP contribution in [0.1, 0.15) is 0 Å². The maximum absolute atomic E-state index is 12.5. The molecule has 0 fully saturated rings. The van der Waals surface area contributed by atoms with Gasteiger partial charge in [-0.15, -0.1) is 10.2 Å². The summed E-state index contributed by atoms with van der Waals surface area (Å²) >= 11 is 1.14. The lowest BCUT2D eigenvalue weighted by atomic mass is 10.2. The molecule has 0 radical (unpaired) electrons. The molecule has 0 atom stereocenters. The number of carbonyl (C=O) groups is 1. The number of amides is 1. The van der Waals surface area contributed by atoms with Crippen molar-refractivity contribution in [1.82, 2.24) is 10.2 Å². The Morgan fingerprint density at radius 2 is 1.70 bits per heavy atom. The van der Waals surface area contributed by atoms with Crippen molar-refractivity contribution in [2.24, 2.45) is 0 Å². The van der Waals surface area contributed by atoms with E-state index in [0.717, 1.165) is 11.8 Å². The summed E-state index contributed by atoms with van der Waals surface area (Å²) in [5, 5.41) is 10.8. The Balaban J connectivity index is 1.61. The molecule has 156 valence electrons. The van der Waals surface area contributed by atoms with Crippen LogP contribution < -0.4 is 14.8 Å². The zero-order valence-corrected chi connectivity index (χ0v) is 17.9. The molecule has 3 aromatic rings. The minimum absolute atomic E-state index is 0.0772. The van der Waals surface area contributed by atoms with Gasteiger partial charge in [0.15, 0.2) is 16.5 Å². The Kier molecular flexibility index (Phi) is 6.91. The van der Waals surface area contributed by atoms with Crippen molar-refractivity contribution in [3.8, 4) is 11.5 Å². The third kappa shape index (κ3) is 5.08. The van der Waals surface area contributed by atoms with E-state index in [1.165, 1.54) is 38.5 Å². The number of methoxy groups -OCH3 is 2. The predicted octanol–water partition coefficient (Wildman–Crippen LogP) is 3.06. The highest BCUT2D eigenvalue weighted by Gasteiger charge is 2.19. The highest BCUT2D eigenvalue weighted by Crippen LogP contribution is 2.30. The number of nitrogens with one attached hydrogen (secondary N) is 1. The van der Waals surface area contributed by atoms with Crippen LogP contribution in [0.2, 0.25) is 0 Å². The highest BCUT2D eigenvalue weighted by molar-refractivity contribution is 7.99. The average molecular weight is 446 g/mol. The van der Waals surface area contributed by atoms with E-state index < -0.39 is 9.84 Å². The fourth-order valence-corrected chi connectivity index (χ4v) is 4.27. The molecule has 2 aromatic carbocycles. The SMILES string of the molecule is COc1ccc(NC(=O)CSc2ccc(S(=O)(=O)c3ccccc3)nn2)cc1OC. The number of aromatic nitrogens is 2. The summed E-state index contributed by atoms with van der Waals surface area (Å²) in [7, 11) is -0.679.